The Bertz CT molecular complexity index is 525. The fraction of sp³-hybridized carbons (Fsp3) is 0.500. The van der Waals surface area contributed by atoms with Crippen LogP contribution in [-0.4, -0.2) is 33.4 Å². The minimum atomic E-state index is -3.52. The Morgan fingerprint density at radius 3 is 2.84 bits per heavy atom. The fourth-order valence-corrected chi connectivity index (χ4v) is 3.75. The van der Waals surface area contributed by atoms with Crippen molar-refractivity contribution in [1.29, 1.82) is 0 Å². The van der Waals surface area contributed by atoms with Gasteiger partial charge in [0.05, 0.1) is 6.54 Å². The lowest BCUT2D eigenvalue weighted by atomic mass is 10.3. The number of allylic oxidation sites excluding steroid dienone is 1. The molecule has 0 radical (unpaired) electrons. The van der Waals surface area contributed by atoms with Gasteiger partial charge in [-0.3, -0.25) is 0 Å². The topological polar surface area (TPSA) is 62.6 Å². The lowest BCUT2D eigenvalue weighted by Gasteiger charge is -2.15. The van der Waals surface area contributed by atoms with E-state index in [0.717, 1.165) is 12.8 Å². The van der Waals surface area contributed by atoms with Gasteiger partial charge in [-0.2, -0.15) is 0 Å². The summed E-state index contributed by atoms with van der Waals surface area (Å²) in [5.41, 5.74) is 0. The fourth-order valence-electron chi connectivity index (χ4n) is 1.58. The second kappa shape index (κ2) is 7.23. The van der Waals surface area contributed by atoms with Crippen LogP contribution in [0.25, 0.3) is 0 Å². The standard InChI is InChI=1S/C12H19BrN2O3S/c1-4-5-6-7-15(3)19(16,17)11-8-10(9-14-2)18-12(11)13/h4,8,14H,1,5-7,9H2,2-3H3. The number of halogens is 1. The molecule has 0 bridgehead atoms. The van der Waals surface area contributed by atoms with Gasteiger partial charge in [0.15, 0.2) is 4.67 Å². The van der Waals surface area contributed by atoms with Gasteiger partial charge in [-0.25, -0.2) is 12.7 Å². The summed E-state index contributed by atoms with van der Waals surface area (Å²) in [6, 6.07) is 1.54. The molecular weight excluding hydrogens is 332 g/mol. The molecule has 0 aliphatic rings. The van der Waals surface area contributed by atoms with Crippen LogP contribution in [-0.2, 0) is 16.6 Å². The van der Waals surface area contributed by atoms with Crippen molar-refractivity contribution in [2.75, 3.05) is 20.6 Å². The molecule has 0 unspecified atom stereocenters. The Balaban J connectivity index is 2.89. The summed E-state index contributed by atoms with van der Waals surface area (Å²) in [5.74, 6) is 0.576. The van der Waals surface area contributed by atoms with Crippen molar-refractivity contribution in [3.63, 3.8) is 0 Å². The Morgan fingerprint density at radius 1 is 1.58 bits per heavy atom. The van der Waals surface area contributed by atoms with Gasteiger partial charge >= 0.3 is 0 Å². The van der Waals surface area contributed by atoms with Crippen molar-refractivity contribution < 1.29 is 12.8 Å². The monoisotopic (exact) mass is 350 g/mol. The van der Waals surface area contributed by atoms with E-state index in [9.17, 15) is 8.42 Å². The molecule has 0 atom stereocenters. The third kappa shape index (κ3) is 4.17. The molecule has 7 heteroatoms. The minimum absolute atomic E-state index is 0.166. The van der Waals surface area contributed by atoms with Crippen LogP contribution in [0.2, 0.25) is 0 Å². The molecule has 108 valence electrons. The first kappa shape index (κ1) is 16.4. The number of unbranched alkanes of at least 4 members (excludes halogenated alkanes) is 1. The Labute approximate surface area is 122 Å². The second-order valence-electron chi connectivity index (χ2n) is 4.14. The summed E-state index contributed by atoms with van der Waals surface area (Å²) in [4.78, 5) is 0.166. The van der Waals surface area contributed by atoms with Crippen LogP contribution in [0.3, 0.4) is 0 Å². The van der Waals surface area contributed by atoms with Crippen LogP contribution in [0.5, 0.6) is 0 Å². The average molecular weight is 351 g/mol. The molecule has 0 spiro atoms. The number of nitrogens with zero attached hydrogens (tertiary/aromatic N) is 1. The Morgan fingerprint density at radius 2 is 2.26 bits per heavy atom. The first-order chi connectivity index (χ1) is 8.93. The van der Waals surface area contributed by atoms with Gasteiger partial charge in [-0.05, 0) is 35.8 Å². The molecule has 0 amide bonds. The van der Waals surface area contributed by atoms with Crippen LogP contribution in [0.4, 0.5) is 0 Å². The van der Waals surface area contributed by atoms with Gasteiger partial charge < -0.3 is 9.73 Å². The molecule has 0 saturated heterocycles. The second-order valence-corrected chi connectivity index (χ2v) is 6.87. The molecule has 0 aliphatic carbocycles. The SMILES string of the molecule is C=CCCCN(C)S(=O)(=O)c1cc(CNC)oc1Br. The highest BCUT2D eigenvalue weighted by Crippen LogP contribution is 2.28. The van der Waals surface area contributed by atoms with Crippen molar-refractivity contribution in [3.05, 3.63) is 29.2 Å². The predicted octanol–water partition coefficient (Wildman–Crippen LogP) is 2.35. The van der Waals surface area contributed by atoms with Crippen molar-refractivity contribution in [1.82, 2.24) is 9.62 Å². The number of rotatable bonds is 8. The highest BCUT2D eigenvalue weighted by molar-refractivity contribution is 9.10. The van der Waals surface area contributed by atoms with Crippen molar-refractivity contribution in [2.24, 2.45) is 0 Å². The van der Waals surface area contributed by atoms with E-state index < -0.39 is 10.0 Å². The van der Waals surface area contributed by atoms with Crippen molar-refractivity contribution >= 4 is 26.0 Å². The number of furan rings is 1. The zero-order chi connectivity index (χ0) is 14.5. The quantitative estimate of drug-likeness (QED) is 0.577. The lowest BCUT2D eigenvalue weighted by Crippen LogP contribution is -2.27. The minimum Gasteiger partial charge on any atom is -0.452 e. The third-order valence-corrected chi connectivity index (χ3v) is 5.34. The van der Waals surface area contributed by atoms with E-state index in [1.807, 2.05) is 0 Å². The average Bonchev–Trinajstić information content (AvgIpc) is 2.71. The summed E-state index contributed by atoms with van der Waals surface area (Å²) in [6.07, 6.45) is 3.31. The maximum absolute atomic E-state index is 12.4. The van der Waals surface area contributed by atoms with E-state index in [-0.39, 0.29) is 9.56 Å². The molecule has 1 N–H and O–H groups in total. The zero-order valence-corrected chi connectivity index (χ0v) is 13.6. The molecule has 19 heavy (non-hydrogen) atoms. The van der Waals surface area contributed by atoms with E-state index in [0.29, 0.717) is 18.8 Å². The van der Waals surface area contributed by atoms with Gasteiger partial charge in [-0.1, -0.05) is 6.08 Å². The van der Waals surface area contributed by atoms with E-state index in [1.165, 1.54) is 4.31 Å². The summed E-state index contributed by atoms with van der Waals surface area (Å²) in [5, 5.41) is 2.91. The molecule has 0 saturated carbocycles. The van der Waals surface area contributed by atoms with E-state index in [2.05, 4.69) is 27.8 Å². The van der Waals surface area contributed by atoms with Crippen molar-refractivity contribution in [2.45, 2.75) is 24.3 Å². The molecule has 0 fully saturated rings. The normalized spacial score (nSPS) is 12.0. The van der Waals surface area contributed by atoms with Crippen LogP contribution in [0.15, 0.2) is 32.7 Å². The number of nitrogens with one attached hydrogen (secondary N) is 1. The largest absolute Gasteiger partial charge is 0.452 e. The van der Waals surface area contributed by atoms with E-state index >= 15 is 0 Å². The van der Waals surface area contributed by atoms with Crippen LogP contribution >= 0.6 is 15.9 Å². The number of hydrogen-bond acceptors (Lipinski definition) is 4. The third-order valence-electron chi connectivity index (χ3n) is 2.63. The number of sulfonamides is 1. The van der Waals surface area contributed by atoms with Gasteiger partial charge in [-0.15, -0.1) is 6.58 Å². The summed E-state index contributed by atoms with van der Waals surface area (Å²) in [7, 11) is -0.182. The maximum atomic E-state index is 12.4. The Kier molecular flexibility index (Phi) is 6.25. The molecule has 1 rings (SSSR count). The lowest BCUT2D eigenvalue weighted by molar-refractivity contribution is 0.452. The first-order valence-electron chi connectivity index (χ1n) is 5.93. The van der Waals surface area contributed by atoms with E-state index in [4.69, 9.17) is 4.42 Å². The zero-order valence-electron chi connectivity index (χ0n) is 11.1. The molecule has 1 aromatic rings. The molecule has 0 aliphatic heterocycles. The molecule has 1 heterocycles. The summed E-state index contributed by atoms with van der Waals surface area (Å²) in [6.45, 7) is 4.55. The molecular formula is C12H19BrN2O3S. The predicted molar refractivity (Wildman–Crippen MR) is 78.4 cm³/mol. The van der Waals surface area contributed by atoms with E-state index in [1.54, 1.807) is 26.2 Å². The Hall–Kier alpha value is -0.630. The summed E-state index contributed by atoms with van der Waals surface area (Å²) >= 11 is 3.16. The van der Waals surface area contributed by atoms with Gasteiger partial charge in [0, 0.05) is 19.7 Å². The van der Waals surface area contributed by atoms with Crippen LogP contribution < -0.4 is 5.32 Å². The van der Waals surface area contributed by atoms with Gasteiger partial charge in [0.1, 0.15) is 10.7 Å². The van der Waals surface area contributed by atoms with Crippen LogP contribution in [0.1, 0.15) is 18.6 Å². The summed E-state index contributed by atoms with van der Waals surface area (Å²) < 4.78 is 31.6. The van der Waals surface area contributed by atoms with Gasteiger partial charge in [0.2, 0.25) is 10.0 Å². The molecule has 0 aromatic carbocycles. The van der Waals surface area contributed by atoms with Crippen LogP contribution in [0, 0.1) is 0 Å². The molecule has 1 aromatic heterocycles. The van der Waals surface area contributed by atoms with Crippen molar-refractivity contribution in [3.8, 4) is 0 Å². The smallest absolute Gasteiger partial charge is 0.247 e. The molecule has 5 nitrogen and oxygen atoms in total. The number of hydrogen-bond donors (Lipinski definition) is 1. The van der Waals surface area contributed by atoms with Gasteiger partial charge in [0.25, 0.3) is 0 Å². The maximum Gasteiger partial charge on any atom is 0.247 e. The highest BCUT2D eigenvalue weighted by Gasteiger charge is 2.26. The first-order valence-corrected chi connectivity index (χ1v) is 8.16. The highest BCUT2D eigenvalue weighted by atomic mass is 79.9.